The number of carbonyl (C=O) groups is 2. The van der Waals surface area contributed by atoms with E-state index in [1.54, 1.807) is 0 Å². The SMILES string of the molecule is CCCCCCCCCCC(O)CN(CCCC(C)C(O)C(=O)OC(C(=O)O)C(C)CCCN(CC(CCCCCCCCCC)O[Si](C)(C)C)CC(CCCCCCCCCC)O[Si](C)(C)C)CC(CCCCCCCCCC)O[Si](C)(C)C. The number of hydrogen-bond acceptors (Lipinski definition) is 10. The number of carbonyl (C=O) groups excluding carboxylic acids is 1. The Kier molecular flexibility index (Phi) is 52.5. The second-order valence-corrected chi connectivity index (χ2v) is 43.0. The summed E-state index contributed by atoms with van der Waals surface area (Å²) >= 11 is 0. The first-order chi connectivity index (χ1) is 40.3. The van der Waals surface area contributed by atoms with Gasteiger partial charge in [0.1, 0.15) is 0 Å². The summed E-state index contributed by atoms with van der Waals surface area (Å²) in [4.78, 5) is 31.6. The molecule has 0 aromatic carbocycles. The van der Waals surface area contributed by atoms with Gasteiger partial charge >= 0.3 is 11.9 Å². The molecule has 0 aromatic rings. The first-order valence-corrected chi connectivity index (χ1v) is 46.8. The molecular weight excluding hydrogens is 1110 g/mol. The number of hydrogen-bond donors (Lipinski definition) is 3. The van der Waals surface area contributed by atoms with Gasteiger partial charge in [0.15, 0.2) is 31.1 Å². The zero-order chi connectivity index (χ0) is 63.8. The van der Waals surface area contributed by atoms with Crippen LogP contribution in [0.25, 0.3) is 0 Å². The Bertz CT molecular complexity index is 1490. The van der Waals surface area contributed by atoms with Gasteiger partial charge < -0.3 is 33.3 Å². The van der Waals surface area contributed by atoms with Gasteiger partial charge in [0.2, 0.25) is 6.10 Å². The fourth-order valence-corrected chi connectivity index (χ4v) is 15.9. The van der Waals surface area contributed by atoms with Crippen LogP contribution in [0.15, 0.2) is 0 Å². The Morgan fingerprint density at radius 2 is 0.635 bits per heavy atom. The van der Waals surface area contributed by atoms with E-state index >= 15 is 0 Å². The van der Waals surface area contributed by atoms with Crippen molar-refractivity contribution in [2.24, 2.45) is 11.8 Å². The number of aliphatic hydroxyl groups excluding tert-OH is 2. The van der Waals surface area contributed by atoms with Crippen LogP contribution in [0.5, 0.6) is 0 Å². The van der Waals surface area contributed by atoms with Gasteiger partial charge in [-0.25, -0.2) is 9.59 Å². The summed E-state index contributed by atoms with van der Waals surface area (Å²) in [6.07, 6.45) is 44.1. The molecule has 0 aliphatic carbocycles. The van der Waals surface area contributed by atoms with Gasteiger partial charge in [0.05, 0.1) is 24.4 Å². The molecule has 0 amide bonds. The predicted octanol–water partition coefficient (Wildman–Crippen LogP) is 19.9. The molecule has 8 unspecified atom stereocenters. The van der Waals surface area contributed by atoms with Crippen LogP contribution in [0.1, 0.15) is 298 Å². The van der Waals surface area contributed by atoms with E-state index in [1.165, 1.54) is 173 Å². The minimum Gasteiger partial charge on any atom is -0.478 e. The Morgan fingerprint density at radius 3 is 0.929 bits per heavy atom. The molecular formula is C71H148N2O9Si3. The van der Waals surface area contributed by atoms with Crippen molar-refractivity contribution in [3.63, 3.8) is 0 Å². The van der Waals surface area contributed by atoms with E-state index in [0.717, 1.165) is 90.4 Å². The summed E-state index contributed by atoms with van der Waals surface area (Å²) in [5.41, 5.74) is 0. The monoisotopic (exact) mass is 1260 g/mol. The van der Waals surface area contributed by atoms with Gasteiger partial charge in [-0.05, 0) is 129 Å². The van der Waals surface area contributed by atoms with Crippen molar-refractivity contribution in [2.45, 2.75) is 394 Å². The van der Waals surface area contributed by atoms with Crippen LogP contribution >= 0.6 is 0 Å². The molecule has 8 atom stereocenters. The molecule has 0 aromatic heterocycles. The molecule has 508 valence electrons. The van der Waals surface area contributed by atoms with Gasteiger partial charge in [0.25, 0.3) is 0 Å². The van der Waals surface area contributed by atoms with E-state index in [2.05, 4.69) is 96.4 Å². The lowest BCUT2D eigenvalue weighted by molar-refractivity contribution is -0.175. The Morgan fingerprint density at radius 1 is 0.365 bits per heavy atom. The highest BCUT2D eigenvalue weighted by atomic mass is 28.4. The molecule has 0 saturated carbocycles. The predicted molar refractivity (Wildman–Crippen MR) is 373 cm³/mol. The van der Waals surface area contributed by atoms with Crippen molar-refractivity contribution in [2.75, 3.05) is 39.3 Å². The third-order valence-corrected chi connectivity index (χ3v) is 20.1. The number of ether oxygens (including phenoxy) is 1. The van der Waals surface area contributed by atoms with Crippen LogP contribution in [-0.4, -0.2) is 138 Å². The van der Waals surface area contributed by atoms with E-state index < -0.39 is 67.0 Å². The summed E-state index contributed by atoms with van der Waals surface area (Å²) in [7, 11) is -5.57. The molecule has 11 nitrogen and oxygen atoms in total. The highest BCUT2D eigenvalue weighted by Crippen LogP contribution is 2.25. The summed E-state index contributed by atoms with van der Waals surface area (Å²) < 4.78 is 26.6. The number of rotatable bonds is 63. The molecule has 0 aliphatic heterocycles. The lowest BCUT2D eigenvalue weighted by atomic mass is 9.96. The third kappa shape index (κ3) is 52.6. The minimum absolute atomic E-state index is 0.0916. The molecule has 0 heterocycles. The van der Waals surface area contributed by atoms with E-state index in [0.29, 0.717) is 32.4 Å². The lowest BCUT2D eigenvalue weighted by Crippen LogP contribution is -2.45. The number of carboxylic acid groups (broad SMARTS) is 1. The largest absolute Gasteiger partial charge is 0.478 e. The molecule has 0 radical (unpaired) electrons. The maximum Gasteiger partial charge on any atom is 0.345 e. The molecule has 0 fully saturated rings. The summed E-state index contributed by atoms with van der Waals surface area (Å²) in [6.45, 7) is 37.8. The second kappa shape index (κ2) is 52.9. The van der Waals surface area contributed by atoms with Gasteiger partial charge in [-0.1, -0.05) is 247 Å². The Hall–Kier alpha value is -0.689. The smallest absolute Gasteiger partial charge is 0.345 e. The van der Waals surface area contributed by atoms with Crippen molar-refractivity contribution in [1.29, 1.82) is 0 Å². The molecule has 3 N–H and O–H groups in total. The van der Waals surface area contributed by atoms with Crippen molar-refractivity contribution in [3.05, 3.63) is 0 Å². The third-order valence-electron chi connectivity index (χ3n) is 17.0. The van der Waals surface area contributed by atoms with Crippen molar-refractivity contribution >= 4 is 36.9 Å². The quantitative estimate of drug-likeness (QED) is 0.0305. The normalized spacial score (nSPS) is 15.5. The van der Waals surface area contributed by atoms with Crippen molar-refractivity contribution in [3.8, 4) is 0 Å². The fourth-order valence-electron chi connectivity index (χ4n) is 12.3. The van der Waals surface area contributed by atoms with Gasteiger partial charge in [-0.15, -0.1) is 0 Å². The van der Waals surface area contributed by atoms with Crippen LogP contribution in [0.4, 0.5) is 0 Å². The summed E-state index contributed by atoms with van der Waals surface area (Å²) in [5, 5.41) is 33.5. The molecule has 0 saturated heterocycles. The van der Waals surface area contributed by atoms with Gasteiger partial charge in [-0.2, -0.15) is 0 Å². The van der Waals surface area contributed by atoms with Crippen LogP contribution in [0.2, 0.25) is 58.9 Å². The number of aliphatic hydroxyl groups is 2. The lowest BCUT2D eigenvalue weighted by Gasteiger charge is -2.36. The summed E-state index contributed by atoms with van der Waals surface area (Å²) in [6, 6.07) is 0. The number of esters is 1. The average molecular weight is 1260 g/mol. The van der Waals surface area contributed by atoms with E-state index in [1.807, 2.05) is 13.8 Å². The summed E-state index contributed by atoms with van der Waals surface area (Å²) in [5.74, 6) is -2.93. The zero-order valence-corrected chi connectivity index (χ0v) is 62.3. The first-order valence-electron chi connectivity index (χ1n) is 36.6. The highest BCUT2D eigenvalue weighted by Gasteiger charge is 2.34. The van der Waals surface area contributed by atoms with Crippen molar-refractivity contribution < 1.29 is 42.9 Å². The molecule has 0 aliphatic rings. The molecule has 0 spiro atoms. The van der Waals surface area contributed by atoms with Crippen LogP contribution in [0.3, 0.4) is 0 Å². The number of unbranched alkanes of at least 4 members (excludes halogenated alkanes) is 28. The molecule has 0 bridgehead atoms. The molecule has 0 rings (SSSR count). The Balaban J connectivity index is 6.14. The molecule has 85 heavy (non-hydrogen) atoms. The van der Waals surface area contributed by atoms with Crippen LogP contribution in [0, 0.1) is 11.8 Å². The number of aliphatic carboxylic acids is 1. The van der Waals surface area contributed by atoms with Crippen molar-refractivity contribution in [1.82, 2.24) is 9.80 Å². The Labute approximate surface area is 531 Å². The second-order valence-electron chi connectivity index (χ2n) is 29.7. The van der Waals surface area contributed by atoms with Crippen LogP contribution < -0.4 is 0 Å². The zero-order valence-electron chi connectivity index (χ0n) is 59.3. The highest BCUT2D eigenvalue weighted by molar-refractivity contribution is 6.70. The van der Waals surface area contributed by atoms with E-state index in [9.17, 15) is 24.9 Å². The topological polar surface area (TPSA) is 138 Å². The number of carboxylic acids is 1. The van der Waals surface area contributed by atoms with E-state index in [-0.39, 0.29) is 18.3 Å². The first kappa shape index (κ1) is 84.3. The average Bonchev–Trinajstić information content (AvgIpc) is 3.60. The maximum atomic E-state index is 13.8. The fraction of sp³-hybridized carbons (Fsp3) is 0.972. The van der Waals surface area contributed by atoms with Gasteiger partial charge in [0, 0.05) is 32.1 Å². The number of nitrogens with zero attached hydrogens (tertiary/aromatic N) is 2. The molecule has 14 heteroatoms. The maximum absolute atomic E-state index is 13.8. The standard InChI is InChI=1S/C71H148N2O9Si3/c1-16-20-24-28-32-36-40-44-52-64(74)58-72(59-65(80-83(7,8)9)53-45-41-37-33-29-25-21-17-2)56-48-50-62(5)68(75)71(78)79-69(70(76)77)63(6)51-49-57-73(60-66(81-84(10,11)12)54-46-42-38-34-30-26-22-18-3)61-67(82-85(13,14)15)55-47-43-39-35-31-27-23-19-4/h62-69,74-75H,16-61H2,1-15H3,(H,76,77). The van der Waals surface area contributed by atoms with E-state index in [4.69, 9.17) is 18.0 Å². The van der Waals surface area contributed by atoms with Gasteiger partial charge in [-0.3, -0.25) is 9.80 Å². The van der Waals surface area contributed by atoms with Crippen LogP contribution in [-0.2, 0) is 27.6 Å². The minimum atomic E-state index is -1.86.